The average Bonchev–Trinajstić information content (AvgIpc) is 3.09. The van der Waals surface area contributed by atoms with Crippen molar-refractivity contribution < 1.29 is 8.42 Å². The summed E-state index contributed by atoms with van der Waals surface area (Å²) in [6, 6.07) is 4.72. The number of hydrogen-bond acceptors (Lipinski definition) is 3. The highest BCUT2D eigenvalue weighted by Gasteiger charge is 2.33. The molecule has 3 N–H and O–H groups in total. The summed E-state index contributed by atoms with van der Waals surface area (Å²) in [5, 5.41) is 0.245. The lowest BCUT2D eigenvalue weighted by Crippen LogP contribution is -2.41. The van der Waals surface area contributed by atoms with Crippen LogP contribution in [-0.2, 0) is 10.0 Å². The maximum absolute atomic E-state index is 12.2. The molecule has 0 radical (unpaired) electrons. The van der Waals surface area contributed by atoms with Crippen molar-refractivity contribution in [3.8, 4) is 0 Å². The highest BCUT2D eigenvalue weighted by molar-refractivity contribution is 7.89. The van der Waals surface area contributed by atoms with E-state index in [1.807, 2.05) is 6.92 Å². The van der Waals surface area contributed by atoms with E-state index in [1.165, 1.54) is 6.07 Å². The van der Waals surface area contributed by atoms with Gasteiger partial charge in [-0.25, -0.2) is 13.1 Å². The van der Waals surface area contributed by atoms with E-state index in [-0.39, 0.29) is 28.4 Å². The van der Waals surface area contributed by atoms with Crippen LogP contribution >= 0.6 is 24.0 Å². The molecule has 0 saturated heterocycles. The SMILES string of the molecule is Cc1ccc(S(=O)(=O)NC(CN)C2CC2)c(Cl)c1.Cl. The molecule has 1 aliphatic carbocycles. The molecular weight excluding hydrogens is 307 g/mol. The van der Waals surface area contributed by atoms with Gasteiger partial charge < -0.3 is 5.73 Å². The molecule has 7 heteroatoms. The van der Waals surface area contributed by atoms with Crippen molar-refractivity contribution in [1.29, 1.82) is 0 Å². The van der Waals surface area contributed by atoms with Crippen LogP contribution < -0.4 is 10.5 Å². The van der Waals surface area contributed by atoms with E-state index in [2.05, 4.69) is 4.72 Å². The van der Waals surface area contributed by atoms with Gasteiger partial charge in [0, 0.05) is 12.6 Å². The first-order valence-electron chi connectivity index (χ1n) is 5.92. The molecule has 1 aromatic carbocycles. The first-order chi connectivity index (χ1) is 8.44. The molecule has 0 spiro atoms. The van der Waals surface area contributed by atoms with E-state index in [1.54, 1.807) is 12.1 Å². The van der Waals surface area contributed by atoms with E-state index in [0.29, 0.717) is 12.5 Å². The van der Waals surface area contributed by atoms with E-state index in [9.17, 15) is 8.42 Å². The Labute approximate surface area is 125 Å². The van der Waals surface area contributed by atoms with Gasteiger partial charge in [-0.1, -0.05) is 17.7 Å². The van der Waals surface area contributed by atoms with Crippen molar-refractivity contribution in [3.05, 3.63) is 28.8 Å². The number of rotatable bonds is 5. The molecule has 1 saturated carbocycles. The predicted molar refractivity (Wildman–Crippen MR) is 79.3 cm³/mol. The highest BCUT2D eigenvalue weighted by Crippen LogP contribution is 2.33. The second kappa shape index (κ2) is 6.41. The molecule has 1 aliphatic rings. The van der Waals surface area contributed by atoms with Gasteiger partial charge >= 0.3 is 0 Å². The zero-order valence-corrected chi connectivity index (χ0v) is 13.0. The van der Waals surface area contributed by atoms with Crippen LogP contribution in [0.2, 0.25) is 5.02 Å². The van der Waals surface area contributed by atoms with Gasteiger partial charge in [-0.3, -0.25) is 0 Å². The van der Waals surface area contributed by atoms with Gasteiger partial charge in [0.25, 0.3) is 0 Å². The lowest BCUT2D eigenvalue weighted by atomic mass is 10.2. The summed E-state index contributed by atoms with van der Waals surface area (Å²) in [6.07, 6.45) is 2.07. The number of benzene rings is 1. The Kier molecular flexibility index (Phi) is 5.65. The normalized spacial score (nSPS) is 16.8. The molecule has 108 valence electrons. The van der Waals surface area contributed by atoms with Crippen molar-refractivity contribution in [1.82, 2.24) is 4.72 Å². The van der Waals surface area contributed by atoms with Crippen molar-refractivity contribution in [2.24, 2.45) is 11.7 Å². The summed E-state index contributed by atoms with van der Waals surface area (Å²) >= 11 is 5.99. The standard InChI is InChI=1S/C12H17ClN2O2S.ClH/c1-8-2-5-12(10(13)6-8)18(16,17)15-11(7-14)9-3-4-9;/h2,5-6,9,11,15H,3-4,7,14H2,1H3;1H. The highest BCUT2D eigenvalue weighted by atomic mass is 35.5. The summed E-state index contributed by atoms with van der Waals surface area (Å²) in [6.45, 7) is 2.18. The molecule has 4 nitrogen and oxygen atoms in total. The van der Waals surface area contributed by atoms with Crippen LogP contribution in [0.25, 0.3) is 0 Å². The molecule has 0 heterocycles. The fourth-order valence-electron chi connectivity index (χ4n) is 1.92. The second-order valence-corrected chi connectivity index (χ2v) is 6.82. The fourth-order valence-corrected chi connectivity index (χ4v) is 3.84. The Balaban J connectivity index is 0.00000180. The molecule has 0 amide bonds. The first kappa shape index (κ1) is 16.7. The zero-order valence-electron chi connectivity index (χ0n) is 10.6. The zero-order chi connectivity index (χ0) is 13.3. The third kappa shape index (κ3) is 4.07. The van der Waals surface area contributed by atoms with Crippen molar-refractivity contribution in [2.75, 3.05) is 6.54 Å². The van der Waals surface area contributed by atoms with Crippen molar-refractivity contribution in [3.63, 3.8) is 0 Å². The Morgan fingerprint density at radius 2 is 2.11 bits per heavy atom. The third-order valence-electron chi connectivity index (χ3n) is 3.13. The smallest absolute Gasteiger partial charge is 0.242 e. The van der Waals surface area contributed by atoms with Crippen LogP contribution in [0, 0.1) is 12.8 Å². The molecule has 0 aliphatic heterocycles. The Morgan fingerprint density at radius 1 is 1.47 bits per heavy atom. The number of hydrogen-bond donors (Lipinski definition) is 2. The van der Waals surface area contributed by atoms with E-state index in [0.717, 1.165) is 18.4 Å². The van der Waals surface area contributed by atoms with E-state index < -0.39 is 10.0 Å². The largest absolute Gasteiger partial charge is 0.329 e. The molecule has 1 fully saturated rings. The maximum atomic E-state index is 12.2. The Hall–Kier alpha value is -0.330. The molecule has 0 aromatic heterocycles. The second-order valence-electron chi connectivity index (χ2n) is 4.73. The lowest BCUT2D eigenvalue weighted by molar-refractivity contribution is 0.519. The van der Waals surface area contributed by atoms with Gasteiger partial charge in [0.15, 0.2) is 0 Å². The number of halogens is 2. The average molecular weight is 325 g/mol. The molecule has 0 bridgehead atoms. The topological polar surface area (TPSA) is 72.2 Å². The number of aryl methyl sites for hydroxylation is 1. The van der Waals surface area contributed by atoms with Crippen LogP contribution in [-0.4, -0.2) is 21.0 Å². The van der Waals surface area contributed by atoms with E-state index in [4.69, 9.17) is 17.3 Å². The summed E-state index contributed by atoms with van der Waals surface area (Å²) < 4.78 is 27.1. The van der Waals surface area contributed by atoms with Crippen LogP contribution in [0.1, 0.15) is 18.4 Å². The molecule has 1 atom stereocenters. The van der Waals surface area contributed by atoms with Crippen molar-refractivity contribution >= 4 is 34.0 Å². The van der Waals surface area contributed by atoms with Gasteiger partial charge in [-0.15, -0.1) is 12.4 Å². The monoisotopic (exact) mass is 324 g/mol. The Morgan fingerprint density at radius 3 is 2.58 bits per heavy atom. The molecular formula is C12H18Cl2N2O2S. The van der Waals surface area contributed by atoms with Crippen molar-refractivity contribution in [2.45, 2.75) is 30.7 Å². The predicted octanol–water partition coefficient (Wildman–Crippen LogP) is 2.09. The summed E-state index contributed by atoms with van der Waals surface area (Å²) in [7, 11) is -3.59. The summed E-state index contributed by atoms with van der Waals surface area (Å²) in [5.41, 5.74) is 6.53. The fraction of sp³-hybridized carbons (Fsp3) is 0.500. The maximum Gasteiger partial charge on any atom is 0.242 e. The number of nitrogens with two attached hydrogens (primary N) is 1. The summed E-state index contributed by atoms with van der Waals surface area (Å²) in [4.78, 5) is 0.119. The van der Waals surface area contributed by atoms with Gasteiger partial charge in [-0.2, -0.15) is 0 Å². The van der Waals surface area contributed by atoms with Crippen LogP contribution in [0.3, 0.4) is 0 Å². The minimum atomic E-state index is -3.59. The quantitative estimate of drug-likeness (QED) is 0.871. The van der Waals surface area contributed by atoms with E-state index >= 15 is 0 Å². The van der Waals surface area contributed by atoms with Crippen LogP contribution in [0.15, 0.2) is 23.1 Å². The molecule has 1 unspecified atom stereocenters. The minimum absolute atomic E-state index is 0. The number of nitrogens with one attached hydrogen (secondary N) is 1. The Bertz CT molecular complexity index is 545. The van der Waals surface area contributed by atoms with Gasteiger partial charge in [-0.05, 0) is 43.4 Å². The molecule has 19 heavy (non-hydrogen) atoms. The number of sulfonamides is 1. The summed E-state index contributed by atoms with van der Waals surface area (Å²) in [5.74, 6) is 0.369. The minimum Gasteiger partial charge on any atom is -0.329 e. The van der Waals surface area contributed by atoms with Crippen LogP contribution in [0.4, 0.5) is 0 Å². The first-order valence-corrected chi connectivity index (χ1v) is 7.78. The van der Waals surface area contributed by atoms with Gasteiger partial charge in [0.1, 0.15) is 4.90 Å². The molecule has 2 rings (SSSR count). The molecule has 1 aromatic rings. The van der Waals surface area contributed by atoms with Crippen LogP contribution in [0.5, 0.6) is 0 Å². The van der Waals surface area contributed by atoms with Gasteiger partial charge in [0.2, 0.25) is 10.0 Å². The lowest BCUT2D eigenvalue weighted by Gasteiger charge is -2.16. The third-order valence-corrected chi connectivity index (χ3v) is 5.10. The van der Waals surface area contributed by atoms with Gasteiger partial charge in [0.05, 0.1) is 5.02 Å².